The summed E-state index contributed by atoms with van der Waals surface area (Å²) in [6.07, 6.45) is 3.93. The number of likely N-dealkylation sites (tertiary alicyclic amines) is 1. The molecule has 0 radical (unpaired) electrons. The summed E-state index contributed by atoms with van der Waals surface area (Å²) < 4.78 is 23.3. The van der Waals surface area contributed by atoms with Crippen molar-refractivity contribution in [3.05, 3.63) is 29.8 Å². The Morgan fingerprint density at radius 1 is 1.10 bits per heavy atom. The Labute approximate surface area is 179 Å². The van der Waals surface area contributed by atoms with Gasteiger partial charge in [0.2, 0.25) is 5.91 Å². The largest absolute Gasteiger partial charge is 0.323 e. The van der Waals surface area contributed by atoms with Crippen LogP contribution in [0.1, 0.15) is 19.3 Å². The molecular weight excluding hydrogens is 426 g/mol. The van der Waals surface area contributed by atoms with Gasteiger partial charge in [-0.1, -0.05) is 6.07 Å². The zero-order valence-electron chi connectivity index (χ0n) is 16.4. The minimum Gasteiger partial charge on any atom is -0.323 e. The molecule has 0 bridgehead atoms. The molecule has 2 fully saturated rings. The summed E-state index contributed by atoms with van der Waals surface area (Å²) in [4.78, 5) is 37.7. The number of aromatic nitrogens is 2. The van der Waals surface area contributed by atoms with E-state index in [0.717, 1.165) is 18.5 Å². The highest BCUT2D eigenvalue weighted by Gasteiger charge is 2.36. The molecule has 2 aliphatic rings. The van der Waals surface area contributed by atoms with E-state index in [2.05, 4.69) is 15.3 Å². The summed E-state index contributed by atoms with van der Waals surface area (Å²) in [6, 6.07) is 4.69. The average Bonchev–Trinajstić information content (AvgIpc) is 3.22. The van der Waals surface area contributed by atoms with E-state index in [1.807, 2.05) is 23.6 Å². The Balaban J connectivity index is 1.43. The number of amides is 3. The highest BCUT2D eigenvalue weighted by molar-refractivity contribution is 7.91. The van der Waals surface area contributed by atoms with Gasteiger partial charge in [0.15, 0.2) is 15.0 Å². The van der Waals surface area contributed by atoms with E-state index in [9.17, 15) is 18.0 Å². The van der Waals surface area contributed by atoms with Crippen LogP contribution in [0.4, 0.5) is 9.93 Å². The summed E-state index contributed by atoms with van der Waals surface area (Å²) in [7, 11) is -3.07. The molecule has 0 aliphatic carbocycles. The zero-order chi connectivity index (χ0) is 21.1. The van der Waals surface area contributed by atoms with Gasteiger partial charge in [-0.3, -0.25) is 9.78 Å². The molecule has 4 rings (SSSR count). The first-order valence-electron chi connectivity index (χ1n) is 9.87. The summed E-state index contributed by atoms with van der Waals surface area (Å²) in [6.45, 7) is 0.828. The van der Waals surface area contributed by atoms with Crippen molar-refractivity contribution >= 4 is 38.2 Å². The molecule has 2 aromatic heterocycles. The van der Waals surface area contributed by atoms with Crippen LogP contribution in [0.3, 0.4) is 0 Å². The van der Waals surface area contributed by atoms with Gasteiger partial charge in [0.25, 0.3) is 0 Å². The third-order valence-corrected chi connectivity index (χ3v) is 7.69. The maximum absolute atomic E-state index is 13.0. The predicted octanol–water partition coefficient (Wildman–Crippen LogP) is 1.85. The molecule has 160 valence electrons. The third kappa shape index (κ3) is 4.62. The molecule has 0 aromatic carbocycles. The van der Waals surface area contributed by atoms with Crippen LogP contribution in [-0.2, 0) is 14.6 Å². The molecule has 3 amide bonds. The number of sulfone groups is 1. The highest BCUT2D eigenvalue weighted by Crippen LogP contribution is 2.25. The lowest BCUT2D eigenvalue weighted by Gasteiger charge is -2.39. The Morgan fingerprint density at radius 2 is 1.90 bits per heavy atom. The number of nitrogens with one attached hydrogen (secondary N) is 1. The molecule has 9 nitrogen and oxygen atoms in total. The molecule has 0 saturated carbocycles. The first kappa shape index (κ1) is 20.7. The molecule has 2 aliphatic heterocycles. The van der Waals surface area contributed by atoms with Crippen LogP contribution in [0, 0.1) is 0 Å². The van der Waals surface area contributed by atoms with Crippen molar-refractivity contribution in [1.82, 2.24) is 19.8 Å². The second-order valence-electron chi connectivity index (χ2n) is 7.37. The molecule has 0 unspecified atom stereocenters. The predicted molar refractivity (Wildman–Crippen MR) is 114 cm³/mol. The van der Waals surface area contributed by atoms with Crippen LogP contribution in [0.5, 0.6) is 0 Å². The minimum absolute atomic E-state index is 0.0289. The van der Waals surface area contributed by atoms with Crippen LogP contribution in [0.25, 0.3) is 11.4 Å². The SMILES string of the molecule is O=C(Nc1nc(-c2ccccn2)cs1)[C@@H]1CCCCN1C(=O)N1CCS(=O)(=O)CC1. The number of rotatable bonds is 3. The fourth-order valence-electron chi connectivity index (χ4n) is 3.67. The monoisotopic (exact) mass is 449 g/mol. The molecule has 1 atom stereocenters. The average molecular weight is 450 g/mol. The van der Waals surface area contributed by atoms with E-state index in [1.165, 1.54) is 16.2 Å². The van der Waals surface area contributed by atoms with Gasteiger partial charge in [-0.2, -0.15) is 0 Å². The van der Waals surface area contributed by atoms with Gasteiger partial charge in [-0.25, -0.2) is 18.2 Å². The number of thiazole rings is 1. The Bertz CT molecular complexity index is 1010. The second-order valence-corrected chi connectivity index (χ2v) is 10.5. The van der Waals surface area contributed by atoms with E-state index in [4.69, 9.17) is 0 Å². The van der Waals surface area contributed by atoms with E-state index >= 15 is 0 Å². The number of carbonyl (C=O) groups is 2. The summed E-state index contributed by atoms with van der Waals surface area (Å²) in [5.74, 6) is -0.327. The standard InChI is InChI=1S/C19H23N5O4S2/c25-17(22-18-21-15(13-29-18)14-5-1-3-7-20-14)16-6-2-4-8-24(16)19(26)23-9-11-30(27,28)12-10-23/h1,3,5,7,13,16H,2,4,6,8-12H2,(H,21,22,25)/t16-/m0/s1. The highest BCUT2D eigenvalue weighted by atomic mass is 32.2. The third-order valence-electron chi connectivity index (χ3n) is 5.33. The number of anilines is 1. The van der Waals surface area contributed by atoms with Crippen LogP contribution in [0.2, 0.25) is 0 Å². The topological polar surface area (TPSA) is 113 Å². The molecule has 11 heteroatoms. The van der Waals surface area contributed by atoms with Crippen LogP contribution in [0.15, 0.2) is 29.8 Å². The van der Waals surface area contributed by atoms with Gasteiger partial charge in [-0.15, -0.1) is 11.3 Å². The molecule has 30 heavy (non-hydrogen) atoms. The maximum Gasteiger partial charge on any atom is 0.320 e. The Morgan fingerprint density at radius 3 is 2.63 bits per heavy atom. The van der Waals surface area contributed by atoms with E-state index in [-0.39, 0.29) is 36.5 Å². The van der Waals surface area contributed by atoms with Crippen LogP contribution in [-0.4, -0.2) is 77.3 Å². The molecule has 4 heterocycles. The van der Waals surface area contributed by atoms with E-state index in [0.29, 0.717) is 23.8 Å². The fraction of sp³-hybridized carbons (Fsp3) is 0.474. The van der Waals surface area contributed by atoms with Crippen LogP contribution >= 0.6 is 11.3 Å². The zero-order valence-corrected chi connectivity index (χ0v) is 18.0. The summed E-state index contributed by atoms with van der Waals surface area (Å²) in [5, 5.41) is 5.13. The molecular formula is C19H23N5O4S2. The number of pyridine rings is 1. The lowest BCUT2D eigenvalue weighted by atomic mass is 10.0. The van der Waals surface area contributed by atoms with Crippen molar-refractivity contribution < 1.29 is 18.0 Å². The number of piperidine rings is 1. The number of carbonyl (C=O) groups excluding carboxylic acids is 2. The van der Waals surface area contributed by atoms with Gasteiger partial charge in [0.05, 0.1) is 17.2 Å². The van der Waals surface area contributed by atoms with E-state index in [1.54, 1.807) is 11.1 Å². The lowest BCUT2D eigenvalue weighted by molar-refractivity contribution is -0.121. The van der Waals surface area contributed by atoms with Crippen molar-refractivity contribution in [3.8, 4) is 11.4 Å². The lowest BCUT2D eigenvalue weighted by Crippen LogP contribution is -2.56. The number of hydrogen-bond acceptors (Lipinski definition) is 7. The van der Waals surface area contributed by atoms with Crippen molar-refractivity contribution in [2.45, 2.75) is 25.3 Å². The smallest absolute Gasteiger partial charge is 0.320 e. The first-order chi connectivity index (χ1) is 14.4. The van der Waals surface area contributed by atoms with Gasteiger partial charge in [0, 0.05) is 31.2 Å². The van der Waals surface area contributed by atoms with Gasteiger partial charge in [-0.05, 0) is 31.4 Å². The van der Waals surface area contributed by atoms with Crippen molar-refractivity contribution in [3.63, 3.8) is 0 Å². The first-order valence-corrected chi connectivity index (χ1v) is 12.6. The molecule has 1 N–H and O–H groups in total. The van der Waals surface area contributed by atoms with E-state index < -0.39 is 15.9 Å². The van der Waals surface area contributed by atoms with Crippen molar-refractivity contribution in [2.75, 3.05) is 36.5 Å². The Hall–Kier alpha value is -2.53. The number of urea groups is 1. The van der Waals surface area contributed by atoms with Gasteiger partial charge >= 0.3 is 6.03 Å². The Kier molecular flexibility index (Phi) is 6.00. The molecule has 2 aromatic rings. The summed E-state index contributed by atoms with van der Waals surface area (Å²) in [5.41, 5.74) is 1.41. The van der Waals surface area contributed by atoms with Crippen molar-refractivity contribution in [2.24, 2.45) is 0 Å². The van der Waals surface area contributed by atoms with Crippen LogP contribution < -0.4 is 5.32 Å². The maximum atomic E-state index is 13.0. The molecule has 0 spiro atoms. The number of nitrogens with zero attached hydrogens (tertiary/aromatic N) is 4. The summed E-state index contributed by atoms with van der Waals surface area (Å²) >= 11 is 1.31. The van der Waals surface area contributed by atoms with Crippen molar-refractivity contribution in [1.29, 1.82) is 0 Å². The fourth-order valence-corrected chi connectivity index (χ4v) is 5.58. The second kappa shape index (κ2) is 8.68. The van der Waals surface area contributed by atoms with Gasteiger partial charge in [0.1, 0.15) is 11.7 Å². The molecule has 2 saturated heterocycles. The van der Waals surface area contributed by atoms with Gasteiger partial charge < -0.3 is 15.1 Å². The minimum atomic E-state index is -3.07. The number of hydrogen-bond donors (Lipinski definition) is 1. The normalized spacial score (nSPS) is 21.3. The quantitative estimate of drug-likeness (QED) is 0.765.